The van der Waals surface area contributed by atoms with Gasteiger partial charge in [-0.2, -0.15) is 0 Å². The SMILES string of the molecule is Fc1ccc(C2OCCc3c2nc(Cl)nc3N2CCCC2)cc1. The van der Waals surface area contributed by atoms with E-state index in [1.165, 1.54) is 25.0 Å². The van der Waals surface area contributed by atoms with Gasteiger partial charge in [-0.15, -0.1) is 0 Å². The Labute approximate surface area is 139 Å². The van der Waals surface area contributed by atoms with Gasteiger partial charge in [0.25, 0.3) is 0 Å². The van der Waals surface area contributed by atoms with E-state index in [2.05, 4.69) is 14.9 Å². The molecule has 1 aromatic heterocycles. The summed E-state index contributed by atoms with van der Waals surface area (Å²) in [7, 11) is 0. The molecule has 0 bridgehead atoms. The molecule has 23 heavy (non-hydrogen) atoms. The fraction of sp³-hybridized carbons (Fsp3) is 0.412. The van der Waals surface area contributed by atoms with Crippen LogP contribution in [0.2, 0.25) is 5.28 Å². The second kappa shape index (κ2) is 6.06. The summed E-state index contributed by atoms with van der Waals surface area (Å²) in [5.74, 6) is 0.677. The topological polar surface area (TPSA) is 38.3 Å². The van der Waals surface area contributed by atoms with Crippen molar-refractivity contribution in [3.63, 3.8) is 0 Å². The van der Waals surface area contributed by atoms with Crippen molar-refractivity contribution >= 4 is 17.4 Å². The lowest BCUT2D eigenvalue weighted by molar-refractivity contribution is 0.0663. The van der Waals surface area contributed by atoms with E-state index in [-0.39, 0.29) is 17.2 Å². The van der Waals surface area contributed by atoms with Crippen LogP contribution in [0.3, 0.4) is 0 Å². The standard InChI is InChI=1S/C17H17ClFN3O/c18-17-20-14-13(16(21-17)22-8-1-2-9-22)7-10-23-15(14)11-3-5-12(19)6-4-11/h3-6,15H,1-2,7-10H2. The number of ether oxygens (including phenoxy) is 1. The Balaban J connectivity index is 1.79. The minimum Gasteiger partial charge on any atom is -0.367 e. The Morgan fingerprint density at radius 3 is 2.61 bits per heavy atom. The average molecular weight is 334 g/mol. The molecule has 6 heteroatoms. The van der Waals surface area contributed by atoms with Gasteiger partial charge in [0.1, 0.15) is 17.7 Å². The van der Waals surface area contributed by atoms with Gasteiger partial charge in [-0.25, -0.2) is 14.4 Å². The van der Waals surface area contributed by atoms with Crippen LogP contribution in [-0.2, 0) is 11.2 Å². The Bertz CT molecular complexity index is 717. The summed E-state index contributed by atoms with van der Waals surface area (Å²) in [5.41, 5.74) is 2.80. The number of benzene rings is 1. The lowest BCUT2D eigenvalue weighted by atomic mass is 9.98. The maximum Gasteiger partial charge on any atom is 0.224 e. The van der Waals surface area contributed by atoms with E-state index in [9.17, 15) is 4.39 Å². The highest BCUT2D eigenvalue weighted by Gasteiger charge is 2.30. The van der Waals surface area contributed by atoms with E-state index >= 15 is 0 Å². The lowest BCUT2D eigenvalue weighted by Crippen LogP contribution is -2.26. The zero-order chi connectivity index (χ0) is 15.8. The van der Waals surface area contributed by atoms with Crippen molar-refractivity contribution in [2.75, 3.05) is 24.6 Å². The lowest BCUT2D eigenvalue weighted by Gasteiger charge is -2.29. The molecule has 0 saturated carbocycles. The molecule has 120 valence electrons. The van der Waals surface area contributed by atoms with Gasteiger partial charge in [0.2, 0.25) is 5.28 Å². The first-order valence-corrected chi connectivity index (χ1v) is 8.28. The highest BCUT2D eigenvalue weighted by atomic mass is 35.5. The van der Waals surface area contributed by atoms with Crippen molar-refractivity contribution in [3.8, 4) is 0 Å². The van der Waals surface area contributed by atoms with Crippen molar-refractivity contribution in [2.45, 2.75) is 25.4 Å². The minimum absolute atomic E-state index is 0.239. The third-order valence-electron chi connectivity index (χ3n) is 4.45. The summed E-state index contributed by atoms with van der Waals surface area (Å²) in [6.45, 7) is 2.60. The van der Waals surface area contributed by atoms with Gasteiger partial charge < -0.3 is 9.64 Å². The number of rotatable bonds is 2. The van der Waals surface area contributed by atoms with Crippen molar-refractivity contribution in [1.82, 2.24) is 9.97 Å². The normalized spacial score (nSPS) is 20.6. The average Bonchev–Trinajstić information content (AvgIpc) is 3.09. The zero-order valence-electron chi connectivity index (χ0n) is 12.6. The van der Waals surface area contributed by atoms with E-state index in [4.69, 9.17) is 16.3 Å². The zero-order valence-corrected chi connectivity index (χ0v) is 13.4. The third kappa shape index (κ3) is 2.79. The number of nitrogens with zero attached hydrogens (tertiary/aromatic N) is 3. The van der Waals surface area contributed by atoms with E-state index in [1.54, 1.807) is 12.1 Å². The largest absolute Gasteiger partial charge is 0.367 e. The van der Waals surface area contributed by atoms with Crippen LogP contribution in [0.15, 0.2) is 24.3 Å². The van der Waals surface area contributed by atoms with Crippen LogP contribution < -0.4 is 4.90 Å². The van der Waals surface area contributed by atoms with Gasteiger partial charge in [0.05, 0.1) is 12.3 Å². The molecule has 0 spiro atoms. The van der Waals surface area contributed by atoms with Crippen LogP contribution in [0.25, 0.3) is 0 Å². The Hall–Kier alpha value is -1.72. The van der Waals surface area contributed by atoms with Crippen LogP contribution in [0.4, 0.5) is 10.2 Å². The van der Waals surface area contributed by atoms with Crippen molar-refractivity contribution in [2.24, 2.45) is 0 Å². The van der Waals surface area contributed by atoms with E-state index in [0.717, 1.165) is 42.1 Å². The molecule has 2 aromatic rings. The van der Waals surface area contributed by atoms with Crippen molar-refractivity contribution in [1.29, 1.82) is 0 Å². The molecule has 0 aliphatic carbocycles. The predicted molar refractivity (Wildman–Crippen MR) is 86.4 cm³/mol. The summed E-state index contributed by atoms with van der Waals surface area (Å²) in [4.78, 5) is 11.2. The molecule has 1 fully saturated rings. The van der Waals surface area contributed by atoms with Crippen LogP contribution in [0.5, 0.6) is 0 Å². The maximum atomic E-state index is 13.2. The quantitative estimate of drug-likeness (QED) is 0.788. The number of anilines is 1. The maximum absolute atomic E-state index is 13.2. The number of halogens is 2. The highest BCUT2D eigenvalue weighted by Crippen LogP contribution is 2.37. The van der Waals surface area contributed by atoms with Gasteiger partial charge >= 0.3 is 0 Å². The Morgan fingerprint density at radius 1 is 1.13 bits per heavy atom. The molecule has 0 amide bonds. The first-order chi connectivity index (χ1) is 11.2. The fourth-order valence-corrected chi connectivity index (χ4v) is 3.53. The monoisotopic (exact) mass is 333 g/mol. The molecule has 4 nitrogen and oxygen atoms in total. The van der Waals surface area contributed by atoms with Crippen LogP contribution in [0, 0.1) is 5.82 Å². The first kappa shape index (κ1) is 14.8. The van der Waals surface area contributed by atoms with Crippen LogP contribution in [-0.4, -0.2) is 29.7 Å². The van der Waals surface area contributed by atoms with Crippen molar-refractivity contribution in [3.05, 3.63) is 52.2 Å². The second-order valence-electron chi connectivity index (χ2n) is 5.93. The molecular formula is C17H17ClFN3O. The van der Waals surface area contributed by atoms with Gasteiger partial charge in [-0.1, -0.05) is 12.1 Å². The molecular weight excluding hydrogens is 317 g/mol. The molecule has 3 heterocycles. The number of hydrogen-bond donors (Lipinski definition) is 0. The van der Waals surface area contributed by atoms with Crippen LogP contribution in [0.1, 0.15) is 35.8 Å². The molecule has 4 rings (SSSR count). The summed E-state index contributed by atoms with van der Waals surface area (Å²) >= 11 is 6.17. The minimum atomic E-state index is -0.318. The molecule has 2 aliphatic rings. The van der Waals surface area contributed by atoms with Gasteiger partial charge in [0.15, 0.2) is 0 Å². The van der Waals surface area contributed by atoms with Crippen molar-refractivity contribution < 1.29 is 9.13 Å². The fourth-order valence-electron chi connectivity index (χ4n) is 3.36. The summed E-state index contributed by atoms with van der Waals surface area (Å²) in [5, 5.41) is 0.239. The number of hydrogen-bond acceptors (Lipinski definition) is 4. The number of fused-ring (bicyclic) bond motifs is 1. The molecule has 1 atom stereocenters. The smallest absolute Gasteiger partial charge is 0.224 e. The molecule has 1 saturated heterocycles. The summed E-state index contributed by atoms with van der Waals surface area (Å²) in [6, 6.07) is 6.36. The molecule has 1 aromatic carbocycles. The molecule has 1 unspecified atom stereocenters. The molecule has 0 N–H and O–H groups in total. The van der Waals surface area contributed by atoms with Gasteiger partial charge in [-0.3, -0.25) is 0 Å². The Morgan fingerprint density at radius 2 is 1.87 bits per heavy atom. The highest BCUT2D eigenvalue weighted by molar-refractivity contribution is 6.28. The van der Waals surface area contributed by atoms with Gasteiger partial charge in [-0.05, 0) is 42.1 Å². The van der Waals surface area contributed by atoms with E-state index < -0.39 is 0 Å². The predicted octanol–water partition coefficient (Wildman–Crippen LogP) is 3.53. The first-order valence-electron chi connectivity index (χ1n) is 7.91. The van der Waals surface area contributed by atoms with Gasteiger partial charge in [0, 0.05) is 25.1 Å². The van der Waals surface area contributed by atoms with Crippen LogP contribution >= 0.6 is 11.6 Å². The second-order valence-corrected chi connectivity index (χ2v) is 6.26. The summed E-state index contributed by atoms with van der Waals surface area (Å²) < 4.78 is 19.1. The Kier molecular flexibility index (Phi) is 3.91. The van der Waals surface area contributed by atoms with E-state index in [0.29, 0.717) is 6.61 Å². The molecule has 2 aliphatic heterocycles. The molecule has 0 radical (unpaired) electrons. The summed E-state index contributed by atoms with van der Waals surface area (Å²) in [6.07, 6.45) is 2.81. The third-order valence-corrected chi connectivity index (χ3v) is 4.62. The van der Waals surface area contributed by atoms with E-state index in [1.807, 2.05) is 0 Å². The number of aromatic nitrogens is 2.